The van der Waals surface area contributed by atoms with Gasteiger partial charge in [-0.3, -0.25) is 0 Å². The first-order valence-electron chi connectivity index (χ1n) is 7.47. The fraction of sp³-hybridized carbons (Fsp3) is 0.562. The van der Waals surface area contributed by atoms with Gasteiger partial charge in [-0.05, 0) is 25.1 Å². The minimum atomic E-state index is 0.321. The lowest BCUT2D eigenvalue weighted by Crippen LogP contribution is -2.36. The van der Waals surface area contributed by atoms with Crippen LogP contribution in [0.4, 0.5) is 0 Å². The molecule has 2 rings (SSSR count). The lowest BCUT2D eigenvalue weighted by Gasteiger charge is -2.17. The second-order valence-electron chi connectivity index (χ2n) is 5.11. The van der Waals surface area contributed by atoms with Crippen molar-refractivity contribution in [3.05, 3.63) is 30.1 Å². The quantitative estimate of drug-likeness (QED) is 0.752. The van der Waals surface area contributed by atoms with Crippen molar-refractivity contribution >= 4 is 11.0 Å². The Bertz CT molecular complexity index is 536. The highest BCUT2D eigenvalue weighted by Gasteiger charge is 2.14. The smallest absolute Gasteiger partial charge is 0.111 e. The Balaban J connectivity index is 2.09. The molecule has 4 nitrogen and oxygen atoms in total. The van der Waals surface area contributed by atoms with Gasteiger partial charge in [0.2, 0.25) is 0 Å². The molecule has 0 amide bonds. The highest BCUT2D eigenvalue weighted by Crippen LogP contribution is 2.15. The van der Waals surface area contributed by atoms with Crippen LogP contribution in [0, 0.1) is 0 Å². The van der Waals surface area contributed by atoms with Crippen LogP contribution in [0.15, 0.2) is 24.3 Å². The normalized spacial score (nSPS) is 12.9. The van der Waals surface area contributed by atoms with Crippen molar-refractivity contribution in [3.8, 4) is 0 Å². The Hall–Kier alpha value is -1.39. The topological polar surface area (TPSA) is 39.1 Å². The van der Waals surface area contributed by atoms with Gasteiger partial charge in [0.05, 0.1) is 17.6 Å². The van der Waals surface area contributed by atoms with E-state index in [9.17, 15) is 0 Å². The molecule has 0 aliphatic carbocycles. The molecule has 0 saturated heterocycles. The standard InChI is InChI=1S/C16H25N3O/c1-4-10-20-12-13(17-5-2)11-16-18-14-8-6-7-9-15(14)19(16)3/h6-9,13,17H,4-5,10-12H2,1-3H3. The average molecular weight is 275 g/mol. The fourth-order valence-corrected chi connectivity index (χ4v) is 2.45. The van der Waals surface area contributed by atoms with Gasteiger partial charge in [-0.25, -0.2) is 4.98 Å². The van der Waals surface area contributed by atoms with E-state index in [2.05, 4.69) is 49.0 Å². The summed E-state index contributed by atoms with van der Waals surface area (Å²) in [6.07, 6.45) is 1.95. The maximum absolute atomic E-state index is 5.68. The Labute approximate surface area is 121 Å². The summed E-state index contributed by atoms with van der Waals surface area (Å²) in [6.45, 7) is 6.77. The minimum absolute atomic E-state index is 0.321. The van der Waals surface area contributed by atoms with Gasteiger partial charge in [0.1, 0.15) is 5.82 Å². The first-order chi connectivity index (χ1) is 9.76. The third-order valence-electron chi connectivity index (χ3n) is 3.47. The van der Waals surface area contributed by atoms with E-state index in [1.54, 1.807) is 0 Å². The number of benzene rings is 1. The lowest BCUT2D eigenvalue weighted by molar-refractivity contribution is 0.111. The Morgan fingerprint density at radius 3 is 2.80 bits per heavy atom. The summed E-state index contributed by atoms with van der Waals surface area (Å²) in [5.74, 6) is 1.11. The highest BCUT2D eigenvalue weighted by atomic mass is 16.5. The number of aryl methyl sites for hydroxylation is 1. The molecule has 110 valence electrons. The number of imidazole rings is 1. The molecular weight excluding hydrogens is 250 g/mol. The summed E-state index contributed by atoms with van der Waals surface area (Å²) < 4.78 is 7.86. The van der Waals surface area contributed by atoms with Crippen molar-refractivity contribution in [1.29, 1.82) is 0 Å². The molecule has 0 fully saturated rings. The number of aromatic nitrogens is 2. The maximum Gasteiger partial charge on any atom is 0.111 e. The number of ether oxygens (including phenoxy) is 1. The molecule has 20 heavy (non-hydrogen) atoms. The van der Waals surface area contributed by atoms with Crippen molar-refractivity contribution in [3.63, 3.8) is 0 Å². The molecule has 0 aliphatic rings. The van der Waals surface area contributed by atoms with Crippen molar-refractivity contribution < 1.29 is 4.74 Å². The number of fused-ring (bicyclic) bond motifs is 1. The molecule has 1 aromatic carbocycles. The predicted molar refractivity (Wildman–Crippen MR) is 83.0 cm³/mol. The third kappa shape index (κ3) is 3.58. The first kappa shape index (κ1) is 15.0. The maximum atomic E-state index is 5.68. The van der Waals surface area contributed by atoms with Gasteiger partial charge < -0.3 is 14.6 Å². The Morgan fingerprint density at radius 2 is 2.10 bits per heavy atom. The predicted octanol–water partition coefficient (Wildman–Crippen LogP) is 2.52. The zero-order valence-electron chi connectivity index (χ0n) is 12.7. The third-order valence-corrected chi connectivity index (χ3v) is 3.47. The van der Waals surface area contributed by atoms with Crippen LogP contribution in [-0.4, -0.2) is 35.4 Å². The summed E-state index contributed by atoms with van der Waals surface area (Å²) in [7, 11) is 2.08. The van der Waals surface area contributed by atoms with Gasteiger partial charge in [-0.1, -0.05) is 26.0 Å². The number of nitrogens with zero attached hydrogens (tertiary/aromatic N) is 2. The van der Waals surface area contributed by atoms with Gasteiger partial charge in [-0.15, -0.1) is 0 Å². The van der Waals surface area contributed by atoms with E-state index in [1.165, 1.54) is 5.52 Å². The largest absolute Gasteiger partial charge is 0.380 e. The lowest BCUT2D eigenvalue weighted by atomic mass is 10.2. The second kappa shape index (κ2) is 7.41. The van der Waals surface area contributed by atoms with Crippen LogP contribution in [-0.2, 0) is 18.2 Å². The highest BCUT2D eigenvalue weighted by molar-refractivity contribution is 5.75. The summed E-state index contributed by atoms with van der Waals surface area (Å²) in [5, 5.41) is 3.48. The van der Waals surface area contributed by atoms with Gasteiger partial charge in [0.15, 0.2) is 0 Å². The molecule has 2 aromatic rings. The molecule has 1 unspecified atom stereocenters. The van der Waals surface area contributed by atoms with Crippen molar-refractivity contribution in [2.45, 2.75) is 32.7 Å². The summed E-state index contributed by atoms with van der Waals surface area (Å²) in [6, 6.07) is 8.59. The van der Waals surface area contributed by atoms with Gasteiger partial charge in [0.25, 0.3) is 0 Å². The molecule has 0 aliphatic heterocycles. The van der Waals surface area contributed by atoms with Crippen molar-refractivity contribution in [1.82, 2.24) is 14.9 Å². The second-order valence-corrected chi connectivity index (χ2v) is 5.11. The summed E-state index contributed by atoms with van der Waals surface area (Å²) in [4.78, 5) is 4.73. The van der Waals surface area contributed by atoms with Crippen LogP contribution in [0.1, 0.15) is 26.1 Å². The number of hydrogen-bond donors (Lipinski definition) is 1. The number of rotatable bonds is 8. The molecule has 0 spiro atoms. The molecule has 1 N–H and O–H groups in total. The van der Waals surface area contributed by atoms with E-state index >= 15 is 0 Å². The molecule has 1 heterocycles. The number of nitrogens with one attached hydrogen (secondary N) is 1. The first-order valence-corrected chi connectivity index (χ1v) is 7.47. The van der Waals surface area contributed by atoms with Crippen LogP contribution in [0.2, 0.25) is 0 Å². The van der Waals surface area contributed by atoms with E-state index < -0.39 is 0 Å². The van der Waals surface area contributed by atoms with Crippen LogP contribution >= 0.6 is 0 Å². The number of likely N-dealkylation sites (N-methyl/N-ethyl adjacent to an activating group) is 1. The molecule has 0 bridgehead atoms. The molecule has 4 heteroatoms. The summed E-state index contributed by atoms with van der Waals surface area (Å²) in [5.41, 5.74) is 2.25. The molecular formula is C16H25N3O. The van der Waals surface area contributed by atoms with E-state index in [-0.39, 0.29) is 0 Å². The van der Waals surface area contributed by atoms with Crippen LogP contribution < -0.4 is 5.32 Å². The Kier molecular flexibility index (Phi) is 5.56. The monoisotopic (exact) mass is 275 g/mol. The van der Waals surface area contributed by atoms with E-state index in [1.807, 2.05) is 6.07 Å². The van der Waals surface area contributed by atoms with Crippen molar-refractivity contribution in [2.24, 2.45) is 7.05 Å². The number of para-hydroxylation sites is 2. The van der Waals surface area contributed by atoms with Crippen LogP contribution in [0.3, 0.4) is 0 Å². The van der Waals surface area contributed by atoms with Gasteiger partial charge >= 0.3 is 0 Å². The zero-order valence-corrected chi connectivity index (χ0v) is 12.7. The molecule has 1 aromatic heterocycles. The molecule has 0 saturated carbocycles. The van der Waals surface area contributed by atoms with Crippen LogP contribution in [0.25, 0.3) is 11.0 Å². The average Bonchev–Trinajstić information content (AvgIpc) is 2.76. The summed E-state index contributed by atoms with van der Waals surface area (Å²) >= 11 is 0. The van der Waals surface area contributed by atoms with Gasteiger partial charge in [0, 0.05) is 26.1 Å². The Morgan fingerprint density at radius 1 is 1.30 bits per heavy atom. The zero-order chi connectivity index (χ0) is 14.4. The fourth-order valence-electron chi connectivity index (χ4n) is 2.45. The van der Waals surface area contributed by atoms with E-state index in [0.717, 1.165) is 43.9 Å². The van der Waals surface area contributed by atoms with E-state index in [0.29, 0.717) is 6.04 Å². The minimum Gasteiger partial charge on any atom is -0.380 e. The SMILES string of the molecule is CCCOCC(Cc1nc2ccccc2n1C)NCC. The van der Waals surface area contributed by atoms with Gasteiger partial charge in [-0.2, -0.15) is 0 Å². The number of hydrogen-bond acceptors (Lipinski definition) is 3. The molecule has 0 radical (unpaired) electrons. The molecule has 1 atom stereocenters. The van der Waals surface area contributed by atoms with Crippen molar-refractivity contribution in [2.75, 3.05) is 19.8 Å². The van der Waals surface area contributed by atoms with Crippen LogP contribution in [0.5, 0.6) is 0 Å². The van der Waals surface area contributed by atoms with E-state index in [4.69, 9.17) is 9.72 Å².